The maximum atomic E-state index is 12.6. The van der Waals surface area contributed by atoms with Crippen LogP contribution in [0, 0.1) is 0 Å². The van der Waals surface area contributed by atoms with Gasteiger partial charge in [0.15, 0.2) is 6.10 Å². The Hall–Kier alpha value is -2.37. The van der Waals surface area contributed by atoms with E-state index in [1.807, 2.05) is 0 Å². The summed E-state index contributed by atoms with van der Waals surface area (Å²) in [5.74, 6) is -0.985. The Morgan fingerprint density at radius 3 is 1.17 bits per heavy atom. The van der Waals surface area contributed by atoms with Crippen LogP contribution in [0.2, 0.25) is 0 Å². The Morgan fingerprint density at radius 1 is 0.396 bits per heavy atom. The van der Waals surface area contributed by atoms with E-state index in [1.54, 1.807) is 0 Å². The second-order valence-corrected chi connectivity index (χ2v) is 13.2. The number of hydrogen-bond donors (Lipinski definition) is 0. The first kappa shape index (κ1) is 45.6. The van der Waals surface area contributed by atoms with E-state index in [9.17, 15) is 14.4 Å². The van der Waals surface area contributed by atoms with Crippen LogP contribution in [0.5, 0.6) is 0 Å². The Kier molecular flexibility index (Phi) is 35.6. The molecule has 0 aromatic heterocycles. The molecule has 0 saturated carbocycles. The highest BCUT2D eigenvalue weighted by atomic mass is 16.6. The van der Waals surface area contributed by atoms with Crippen LogP contribution in [0.1, 0.15) is 194 Å². The smallest absolute Gasteiger partial charge is 0.306 e. The fourth-order valence-corrected chi connectivity index (χ4v) is 5.26. The van der Waals surface area contributed by atoms with E-state index in [0.29, 0.717) is 25.7 Å². The minimum atomic E-state index is -0.794. The van der Waals surface area contributed by atoms with Crippen molar-refractivity contribution < 1.29 is 28.6 Å². The molecule has 0 amide bonds. The van der Waals surface area contributed by atoms with Crippen molar-refractivity contribution in [3.05, 3.63) is 36.5 Å². The van der Waals surface area contributed by atoms with Crippen molar-refractivity contribution in [3.8, 4) is 0 Å². The molecule has 0 aromatic rings. The fraction of sp³-hybridized carbons (Fsp3) is 0.786. The van der Waals surface area contributed by atoms with Crippen molar-refractivity contribution in [2.24, 2.45) is 0 Å². The molecule has 6 nitrogen and oxygen atoms in total. The maximum absolute atomic E-state index is 12.6. The summed E-state index contributed by atoms with van der Waals surface area (Å²) in [6.07, 6.45) is 40.0. The number of ether oxygens (including phenoxy) is 3. The highest BCUT2D eigenvalue weighted by Crippen LogP contribution is 2.11. The summed E-state index contributed by atoms with van der Waals surface area (Å²) in [6, 6.07) is 0. The normalized spacial score (nSPS) is 12.3. The molecule has 6 heteroatoms. The number of allylic oxidation sites excluding steroid dienone is 6. The van der Waals surface area contributed by atoms with E-state index >= 15 is 0 Å². The van der Waals surface area contributed by atoms with E-state index in [2.05, 4.69) is 57.2 Å². The predicted molar refractivity (Wildman–Crippen MR) is 201 cm³/mol. The molecule has 1 unspecified atom stereocenters. The molecule has 0 N–H and O–H groups in total. The third-order valence-electron chi connectivity index (χ3n) is 8.34. The molecule has 0 heterocycles. The molecular formula is C42H74O6. The Bertz CT molecular complexity index is 830. The zero-order valence-corrected chi connectivity index (χ0v) is 31.5. The van der Waals surface area contributed by atoms with E-state index in [-0.39, 0.29) is 37.5 Å². The van der Waals surface area contributed by atoms with Crippen LogP contribution in [-0.2, 0) is 28.6 Å². The average molecular weight is 675 g/mol. The van der Waals surface area contributed by atoms with E-state index in [4.69, 9.17) is 14.2 Å². The van der Waals surface area contributed by atoms with Crippen LogP contribution < -0.4 is 0 Å². The van der Waals surface area contributed by atoms with Crippen LogP contribution >= 0.6 is 0 Å². The van der Waals surface area contributed by atoms with Gasteiger partial charge in [-0.15, -0.1) is 0 Å². The van der Waals surface area contributed by atoms with E-state index in [0.717, 1.165) is 51.4 Å². The molecule has 0 saturated heterocycles. The van der Waals surface area contributed by atoms with Crippen molar-refractivity contribution in [1.82, 2.24) is 0 Å². The minimum absolute atomic E-state index is 0.0964. The SMILES string of the molecule is CCCCC/C=C\CCCCCCCC(=O)OCC(COC(=O)CCC/C=C\CCCCCC)OC(=O)CCC/C=C\CCCCCC. The van der Waals surface area contributed by atoms with E-state index < -0.39 is 6.10 Å². The highest BCUT2D eigenvalue weighted by Gasteiger charge is 2.19. The lowest BCUT2D eigenvalue weighted by atomic mass is 10.1. The lowest BCUT2D eigenvalue weighted by Crippen LogP contribution is -2.30. The molecule has 0 fully saturated rings. The van der Waals surface area contributed by atoms with Crippen molar-refractivity contribution in [2.75, 3.05) is 13.2 Å². The van der Waals surface area contributed by atoms with Gasteiger partial charge in [-0.1, -0.05) is 128 Å². The van der Waals surface area contributed by atoms with E-state index in [1.165, 1.54) is 89.9 Å². The monoisotopic (exact) mass is 675 g/mol. The van der Waals surface area contributed by atoms with Crippen molar-refractivity contribution in [3.63, 3.8) is 0 Å². The second-order valence-electron chi connectivity index (χ2n) is 13.2. The van der Waals surface area contributed by atoms with Crippen LogP contribution in [0.15, 0.2) is 36.5 Å². The standard InChI is InChI=1S/C42H74O6/c1-4-7-10-13-16-19-20-21-24-26-29-32-35-41(44)47-38-39(48-42(45)36-33-30-27-23-18-15-12-9-6-3)37-46-40(43)34-31-28-25-22-17-14-11-8-5-2/h16,19,22-23,25,27,39H,4-15,17-18,20-21,24,26,28-38H2,1-3H3/b19-16-,25-22-,27-23-. The van der Waals surface area contributed by atoms with Gasteiger partial charge in [0.25, 0.3) is 0 Å². The molecule has 0 aromatic carbocycles. The van der Waals surface area contributed by atoms with Gasteiger partial charge in [-0.05, 0) is 83.5 Å². The first-order chi connectivity index (χ1) is 23.5. The van der Waals surface area contributed by atoms with Gasteiger partial charge in [0.1, 0.15) is 13.2 Å². The average Bonchev–Trinajstić information content (AvgIpc) is 3.08. The number of esters is 3. The summed E-state index contributed by atoms with van der Waals surface area (Å²) < 4.78 is 16.5. The summed E-state index contributed by atoms with van der Waals surface area (Å²) in [6.45, 7) is 6.46. The maximum Gasteiger partial charge on any atom is 0.306 e. The molecule has 48 heavy (non-hydrogen) atoms. The van der Waals surface area contributed by atoms with Gasteiger partial charge in [0.2, 0.25) is 0 Å². The molecule has 0 aliphatic carbocycles. The van der Waals surface area contributed by atoms with Crippen molar-refractivity contribution in [2.45, 2.75) is 200 Å². The van der Waals surface area contributed by atoms with Crippen LogP contribution in [-0.4, -0.2) is 37.2 Å². The molecular weight excluding hydrogens is 600 g/mol. The Morgan fingerprint density at radius 2 is 0.708 bits per heavy atom. The van der Waals surface area contributed by atoms with Gasteiger partial charge in [-0.3, -0.25) is 14.4 Å². The third kappa shape index (κ3) is 35.0. The summed E-state index contributed by atoms with van der Waals surface area (Å²) in [5.41, 5.74) is 0. The van der Waals surface area contributed by atoms with Crippen molar-refractivity contribution >= 4 is 17.9 Å². The van der Waals surface area contributed by atoms with Crippen molar-refractivity contribution in [1.29, 1.82) is 0 Å². The van der Waals surface area contributed by atoms with Gasteiger partial charge < -0.3 is 14.2 Å². The molecule has 0 bridgehead atoms. The molecule has 278 valence electrons. The zero-order chi connectivity index (χ0) is 35.2. The number of unbranched alkanes of at least 4 members (excludes halogenated alkanes) is 18. The summed E-state index contributed by atoms with van der Waals surface area (Å²) in [4.78, 5) is 37.3. The van der Waals surface area contributed by atoms with Crippen LogP contribution in [0.25, 0.3) is 0 Å². The van der Waals surface area contributed by atoms with Gasteiger partial charge in [-0.25, -0.2) is 0 Å². The first-order valence-electron chi connectivity index (χ1n) is 20.0. The summed E-state index contributed by atoms with van der Waals surface area (Å²) in [7, 11) is 0. The summed E-state index contributed by atoms with van der Waals surface area (Å²) >= 11 is 0. The van der Waals surface area contributed by atoms with Gasteiger partial charge in [0.05, 0.1) is 0 Å². The molecule has 0 radical (unpaired) electrons. The number of carbonyl (C=O) groups excluding carboxylic acids is 3. The van der Waals surface area contributed by atoms with Gasteiger partial charge >= 0.3 is 17.9 Å². The molecule has 0 aliphatic heterocycles. The second kappa shape index (κ2) is 37.4. The van der Waals surface area contributed by atoms with Gasteiger partial charge in [0, 0.05) is 19.3 Å². The zero-order valence-electron chi connectivity index (χ0n) is 31.5. The molecule has 0 aliphatic rings. The lowest BCUT2D eigenvalue weighted by Gasteiger charge is -2.18. The van der Waals surface area contributed by atoms with Crippen LogP contribution in [0.3, 0.4) is 0 Å². The minimum Gasteiger partial charge on any atom is -0.462 e. The topological polar surface area (TPSA) is 78.9 Å². The quantitative estimate of drug-likeness (QED) is 0.0288. The fourth-order valence-electron chi connectivity index (χ4n) is 5.26. The lowest BCUT2D eigenvalue weighted by molar-refractivity contribution is -0.167. The number of rotatable bonds is 35. The first-order valence-corrected chi connectivity index (χ1v) is 20.0. The van der Waals surface area contributed by atoms with Crippen LogP contribution in [0.4, 0.5) is 0 Å². The third-order valence-corrected chi connectivity index (χ3v) is 8.34. The molecule has 0 rings (SSSR count). The molecule has 1 atom stereocenters. The Labute approximate surface area is 295 Å². The highest BCUT2D eigenvalue weighted by molar-refractivity contribution is 5.71. The molecule has 0 spiro atoms. The predicted octanol–water partition coefficient (Wildman–Crippen LogP) is 12.2. The summed E-state index contributed by atoms with van der Waals surface area (Å²) in [5, 5.41) is 0. The number of hydrogen-bond acceptors (Lipinski definition) is 6. The van der Waals surface area contributed by atoms with Gasteiger partial charge in [-0.2, -0.15) is 0 Å². The number of carbonyl (C=O) groups is 3. The largest absolute Gasteiger partial charge is 0.462 e. The Balaban J connectivity index is 4.43.